The van der Waals surface area contributed by atoms with E-state index in [2.05, 4.69) is 0 Å². The van der Waals surface area contributed by atoms with Crippen molar-refractivity contribution in [2.75, 3.05) is 24.6 Å². The number of aromatic nitrogens is 2. The summed E-state index contributed by atoms with van der Waals surface area (Å²) in [5.41, 5.74) is 4.30. The third-order valence-electron chi connectivity index (χ3n) is 4.68. The van der Waals surface area contributed by atoms with Gasteiger partial charge >= 0.3 is 0 Å². The second-order valence-corrected chi connectivity index (χ2v) is 7.55. The zero-order chi connectivity index (χ0) is 17.9. The molecule has 1 saturated heterocycles. The highest BCUT2D eigenvalue weighted by Gasteiger charge is 2.27. The van der Waals surface area contributed by atoms with Gasteiger partial charge in [-0.05, 0) is 19.1 Å². The average molecular weight is 363 g/mol. The fourth-order valence-corrected chi connectivity index (χ4v) is 4.20. The second kappa shape index (κ2) is 7.38. The molecule has 0 saturated carbocycles. The number of carbonyl (C=O) groups excluding carboxylic acids is 1. The van der Waals surface area contributed by atoms with Crippen LogP contribution in [0.3, 0.4) is 0 Å². The minimum absolute atomic E-state index is 0.0869. The van der Waals surface area contributed by atoms with E-state index in [0.717, 1.165) is 47.2 Å². The molecule has 4 nitrogen and oxygen atoms in total. The predicted octanol–water partition coefficient (Wildman–Crippen LogP) is 4.04. The molecule has 0 spiro atoms. The van der Waals surface area contributed by atoms with E-state index >= 15 is 0 Å². The fraction of sp³-hybridized carbons (Fsp3) is 0.238. The summed E-state index contributed by atoms with van der Waals surface area (Å²) in [5, 5.41) is 4.83. The van der Waals surface area contributed by atoms with Crippen molar-refractivity contribution in [2.45, 2.75) is 6.92 Å². The smallest absolute Gasteiger partial charge is 0.258 e. The van der Waals surface area contributed by atoms with E-state index in [-0.39, 0.29) is 5.91 Å². The molecule has 1 amide bonds. The van der Waals surface area contributed by atoms with Gasteiger partial charge in [0.1, 0.15) is 5.69 Å². The maximum atomic E-state index is 13.3. The van der Waals surface area contributed by atoms with Gasteiger partial charge in [-0.15, -0.1) is 0 Å². The van der Waals surface area contributed by atoms with Crippen LogP contribution in [-0.4, -0.2) is 45.2 Å². The van der Waals surface area contributed by atoms with Crippen molar-refractivity contribution in [3.05, 3.63) is 71.9 Å². The van der Waals surface area contributed by atoms with Gasteiger partial charge in [-0.1, -0.05) is 48.5 Å². The Morgan fingerprint density at radius 2 is 1.58 bits per heavy atom. The van der Waals surface area contributed by atoms with Crippen LogP contribution in [0.2, 0.25) is 0 Å². The summed E-state index contributed by atoms with van der Waals surface area (Å²) in [6.07, 6.45) is 0. The van der Waals surface area contributed by atoms with Crippen LogP contribution >= 0.6 is 11.8 Å². The number of para-hydroxylation sites is 1. The number of rotatable bonds is 3. The summed E-state index contributed by atoms with van der Waals surface area (Å²) >= 11 is 1.90. The third-order valence-corrected chi connectivity index (χ3v) is 5.62. The Bertz CT molecular complexity index is 900. The molecular weight excluding hydrogens is 342 g/mol. The molecule has 1 aromatic heterocycles. The van der Waals surface area contributed by atoms with Gasteiger partial charge in [-0.2, -0.15) is 16.9 Å². The molecule has 0 unspecified atom stereocenters. The quantitative estimate of drug-likeness (QED) is 0.705. The summed E-state index contributed by atoms with van der Waals surface area (Å²) < 4.78 is 1.88. The van der Waals surface area contributed by atoms with Crippen molar-refractivity contribution in [1.82, 2.24) is 14.7 Å². The fourth-order valence-electron chi connectivity index (χ4n) is 3.30. The van der Waals surface area contributed by atoms with Gasteiger partial charge in [0.25, 0.3) is 5.91 Å². The Morgan fingerprint density at radius 3 is 2.23 bits per heavy atom. The van der Waals surface area contributed by atoms with Gasteiger partial charge in [0.2, 0.25) is 0 Å². The minimum Gasteiger partial charge on any atom is -0.337 e. The first-order valence-corrected chi connectivity index (χ1v) is 9.98. The number of benzene rings is 2. The van der Waals surface area contributed by atoms with Crippen molar-refractivity contribution < 1.29 is 4.79 Å². The first kappa shape index (κ1) is 16.9. The van der Waals surface area contributed by atoms with Crippen LogP contribution in [0.1, 0.15) is 16.1 Å². The zero-order valence-electron chi connectivity index (χ0n) is 14.8. The van der Waals surface area contributed by atoms with E-state index in [1.54, 1.807) is 0 Å². The van der Waals surface area contributed by atoms with Crippen LogP contribution in [-0.2, 0) is 0 Å². The lowest BCUT2D eigenvalue weighted by atomic mass is 10.0. The van der Waals surface area contributed by atoms with Gasteiger partial charge in [0.15, 0.2) is 0 Å². The Hall–Kier alpha value is -2.53. The number of carbonyl (C=O) groups is 1. The molecule has 1 aliphatic heterocycles. The lowest BCUT2D eigenvalue weighted by molar-refractivity contribution is 0.0772. The molecule has 1 fully saturated rings. The molecular formula is C21H21N3OS. The summed E-state index contributed by atoms with van der Waals surface area (Å²) in [6.45, 7) is 3.58. The van der Waals surface area contributed by atoms with Crippen molar-refractivity contribution in [2.24, 2.45) is 0 Å². The Balaban J connectivity index is 1.85. The summed E-state index contributed by atoms with van der Waals surface area (Å²) in [5.74, 6) is 2.08. The van der Waals surface area contributed by atoms with Gasteiger partial charge in [0, 0.05) is 30.2 Å². The van der Waals surface area contributed by atoms with Crippen molar-refractivity contribution in [3.63, 3.8) is 0 Å². The predicted molar refractivity (Wildman–Crippen MR) is 107 cm³/mol. The number of thioether (sulfide) groups is 1. The molecule has 0 bridgehead atoms. The molecule has 0 aliphatic carbocycles. The summed E-state index contributed by atoms with van der Waals surface area (Å²) in [4.78, 5) is 15.3. The Labute approximate surface area is 157 Å². The topological polar surface area (TPSA) is 38.1 Å². The molecule has 2 aromatic carbocycles. The standard InChI is InChI=1S/C21H21N3OS/c1-16-19(21(25)23-12-14-26-15-13-23)20(17-8-4-2-5-9-17)22-24(16)18-10-6-3-7-11-18/h2-11H,12-15H2,1H3. The van der Waals surface area contributed by atoms with Gasteiger partial charge in [-0.25, -0.2) is 4.68 Å². The lowest BCUT2D eigenvalue weighted by Crippen LogP contribution is -2.38. The SMILES string of the molecule is Cc1c(C(=O)N2CCSCC2)c(-c2ccccc2)nn1-c1ccccc1. The van der Waals surface area contributed by atoms with E-state index in [1.165, 1.54) is 0 Å². The van der Waals surface area contributed by atoms with Crippen molar-refractivity contribution in [1.29, 1.82) is 0 Å². The number of amides is 1. The van der Waals surface area contributed by atoms with Crippen LogP contribution in [0.15, 0.2) is 60.7 Å². The summed E-state index contributed by atoms with van der Waals surface area (Å²) in [6, 6.07) is 20.0. The van der Waals surface area contributed by atoms with Crippen LogP contribution in [0.5, 0.6) is 0 Å². The zero-order valence-corrected chi connectivity index (χ0v) is 15.6. The normalized spacial score (nSPS) is 14.4. The molecule has 5 heteroatoms. The molecule has 0 N–H and O–H groups in total. The van der Waals surface area contributed by atoms with Gasteiger partial charge in [0.05, 0.1) is 16.9 Å². The average Bonchev–Trinajstić information content (AvgIpc) is 3.06. The molecule has 26 heavy (non-hydrogen) atoms. The molecule has 1 aliphatic rings. The Morgan fingerprint density at radius 1 is 0.962 bits per heavy atom. The van der Waals surface area contributed by atoms with Crippen LogP contribution in [0.25, 0.3) is 16.9 Å². The molecule has 2 heterocycles. The van der Waals surface area contributed by atoms with E-state index in [9.17, 15) is 4.79 Å². The minimum atomic E-state index is 0.0869. The van der Waals surface area contributed by atoms with Crippen molar-refractivity contribution >= 4 is 17.7 Å². The highest BCUT2D eigenvalue weighted by Crippen LogP contribution is 2.29. The van der Waals surface area contributed by atoms with Gasteiger partial charge in [-0.3, -0.25) is 4.79 Å². The van der Waals surface area contributed by atoms with Crippen molar-refractivity contribution in [3.8, 4) is 16.9 Å². The molecule has 4 rings (SSSR count). The first-order chi connectivity index (χ1) is 12.8. The van der Waals surface area contributed by atoms with Crippen LogP contribution < -0.4 is 0 Å². The highest BCUT2D eigenvalue weighted by molar-refractivity contribution is 7.99. The largest absolute Gasteiger partial charge is 0.337 e. The highest BCUT2D eigenvalue weighted by atomic mass is 32.2. The maximum Gasteiger partial charge on any atom is 0.258 e. The van der Waals surface area contributed by atoms with E-state index < -0.39 is 0 Å². The lowest BCUT2D eigenvalue weighted by Gasteiger charge is -2.26. The van der Waals surface area contributed by atoms with E-state index in [4.69, 9.17) is 5.10 Å². The molecule has 3 aromatic rings. The van der Waals surface area contributed by atoms with E-state index in [1.807, 2.05) is 88.9 Å². The summed E-state index contributed by atoms with van der Waals surface area (Å²) in [7, 11) is 0. The van der Waals surface area contributed by atoms with E-state index in [0.29, 0.717) is 5.56 Å². The molecule has 0 radical (unpaired) electrons. The molecule has 132 valence electrons. The van der Waals surface area contributed by atoms with Gasteiger partial charge < -0.3 is 4.90 Å². The number of hydrogen-bond donors (Lipinski definition) is 0. The Kier molecular flexibility index (Phi) is 4.80. The number of nitrogens with zero attached hydrogens (tertiary/aromatic N) is 3. The van der Waals surface area contributed by atoms with Crippen LogP contribution in [0.4, 0.5) is 0 Å². The first-order valence-electron chi connectivity index (χ1n) is 8.83. The second-order valence-electron chi connectivity index (χ2n) is 6.33. The maximum absolute atomic E-state index is 13.3. The third kappa shape index (κ3) is 3.15. The number of hydrogen-bond acceptors (Lipinski definition) is 3. The van der Waals surface area contributed by atoms with Crippen LogP contribution in [0, 0.1) is 6.92 Å². The molecule has 0 atom stereocenters. The monoisotopic (exact) mass is 363 g/mol.